The highest BCUT2D eigenvalue weighted by Crippen LogP contribution is 1.64. The molecule has 0 N–H and O–H groups in total. The maximum Gasteiger partial charge on any atom is 0.123 e. The Kier molecular flexibility index (Phi) is 2.51. The first-order chi connectivity index (χ1) is 1.91. The van der Waals surface area contributed by atoms with Gasteiger partial charge in [0.05, 0.1) is 12.9 Å². The van der Waals surface area contributed by atoms with E-state index in [0.717, 1.165) is 0 Å². The average molecular weight is 74.1 g/mol. The molecule has 0 radical (unpaired) electrons. The van der Waals surface area contributed by atoms with Crippen molar-refractivity contribution < 1.29 is 4.18 Å². The Morgan fingerprint density at radius 1 is 2.00 bits per heavy atom. The van der Waals surface area contributed by atoms with E-state index in [4.69, 9.17) is 0 Å². The van der Waals surface area contributed by atoms with Gasteiger partial charge in [-0.05, 0) is 0 Å². The van der Waals surface area contributed by atoms with E-state index in [1.54, 1.807) is 6.11 Å². The zero-order chi connectivity index (χ0) is 3.41. The van der Waals surface area contributed by atoms with Gasteiger partial charge in [-0.25, -0.2) is 0 Å². The van der Waals surface area contributed by atoms with E-state index in [1.807, 2.05) is 0 Å². The molecule has 0 aromatic carbocycles. The molecule has 4 heavy (non-hydrogen) atoms. The summed E-state index contributed by atoms with van der Waals surface area (Å²) in [4.78, 5) is 0. The second kappa shape index (κ2) is 2.71. The Morgan fingerprint density at radius 2 is 2.25 bits per heavy atom. The van der Waals surface area contributed by atoms with Gasteiger partial charge in [0.2, 0.25) is 0 Å². The molecule has 0 heterocycles. The molecule has 0 unspecified atom stereocenters. The molecular weight excluding hydrogens is 72.1 g/mol. The molecule has 0 aliphatic carbocycles. The van der Waals surface area contributed by atoms with Gasteiger partial charge >= 0.3 is 0 Å². The first-order valence-corrected chi connectivity index (χ1v) is 1.04. The van der Waals surface area contributed by atoms with Crippen molar-refractivity contribution in [3.05, 3.63) is 0 Å². The summed E-state index contributed by atoms with van der Waals surface area (Å²) in [6, 6.07) is 0. The van der Waals surface area contributed by atoms with Crippen LogP contribution in [0.1, 0.15) is 0 Å². The van der Waals surface area contributed by atoms with Crippen LogP contribution in [0.3, 0.4) is 0 Å². The summed E-state index contributed by atoms with van der Waals surface area (Å²) in [6.45, 7) is 0. The predicted molar refractivity (Wildman–Crippen MR) is 18.9 cm³/mol. The third-order valence-electron chi connectivity index (χ3n) is 0.0527. The summed E-state index contributed by atoms with van der Waals surface area (Å²) in [5.74, 6) is 0. The SMILES string of the molecule is C#COS. The van der Waals surface area contributed by atoms with Crippen molar-refractivity contribution >= 4 is 12.9 Å². The maximum absolute atomic E-state index is 4.48. The molecule has 0 spiro atoms. The van der Waals surface area contributed by atoms with Gasteiger partial charge in [0.1, 0.15) is 6.11 Å². The van der Waals surface area contributed by atoms with Crippen LogP contribution in [0.4, 0.5) is 0 Å². The minimum atomic E-state index is 1.79. The van der Waals surface area contributed by atoms with Crippen molar-refractivity contribution in [2.45, 2.75) is 0 Å². The number of hydrogen-bond donors (Lipinski definition) is 1. The van der Waals surface area contributed by atoms with Gasteiger partial charge in [-0.1, -0.05) is 6.42 Å². The van der Waals surface area contributed by atoms with Gasteiger partial charge in [0.25, 0.3) is 0 Å². The molecule has 1 nitrogen and oxygen atoms in total. The van der Waals surface area contributed by atoms with E-state index in [1.165, 1.54) is 0 Å². The van der Waals surface area contributed by atoms with Crippen molar-refractivity contribution in [1.82, 2.24) is 0 Å². The highest BCUT2D eigenvalue weighted by molar-refractivity contribution is 7.75. The van der Waals surface area contributed by atoms with Crippen molar-refractivity contribution in [3.63, 3.8) is 0 Å². The van der Waals surface area contributed by atoms with Gasteiger partial charge < -0.3 is 4.18 Å². The number of hydrogen-bond acceptors (Lipinski definition) is 2. The third kappa shape index (κ3) is 1.71. The molecule has 0 saturated heterocycles. The van der Waals surface area contributed by atoms with E-state index in [9.17, 15) is 0 Å². The minimum Gasteiger partial charge on any atom is -0.379 e. The standard InChI is InChI=1S/C2H2OS/c1-2-3-4/h1,4H. The number of terminal acetylenes is 1. The maximum atomic E-state index is 4.48. The Labute approximate surface area is 30.6 Å². The van der Waals surface area contributed by atoms with Crippen molar-refractivity contribution in [2.24, 2.45) is 0 Å². The van der Waals surface area contributed by atoms with Crippen LogP contribution in [-0.2, 0) is 4.18 Å². The van der Waals surface area contributed by atoms with E-state index in [2.05, 4.69) is 23.5 Å². The largest absolute Gasteiger partial charge is 0.379 e. The van der Waals surface area contributed by atoms with E-state index < -0.39 is 0 Å². The fraction of sp³-hybridized carbons (Fsp3) is 0. The Morgan fingerprint density at radius 3 is 2.25 bits per heavy atom. The van der Waals surface area contributed by atoms with Gasteiger partial charge in [-0.15, -0.1) is 0 Å². The first-order valence-electron chi connectivity index (χ1n) is 0.675. The average Bonchev–Trinajstić information content (AvgIpc) is 1.37. The molecule has 2 heteroatoms. The summed E-state index contributed by atoms with van der Waals surface area (Å²) in [7, 11) is 0. The molecule has 22 valence electrons. The van der Waals surface area contributed by atoms with Crippen LogP contribution in [0.25, 0.3) is 0 Å². The third-order valence-corrected chi connectivity index (χ3v) is 0.158. The van der Waals surface area contributed by atoms with Crippen LogP contribution in [0, 0.1) is 12.5 Å². The molecule has 0 aliphatic heterocycles. The monoisotopic (exact) mass is 74.0 g/mol. The fourth-order valence-electron chi connectivity index (χ4n) is 0. The van der Waals surface area contributed by atoms with Crippen LogP contribution >= 0.6 is 12.9 Å². The van der Waals surface area contributed by atoms with Gasteiger partial charge in [-0.3, -0.25) is 0 Å². The lowest BCUT2D eigenvalue weighted by Gasteiger charge is -1.63. The Hall–Kier alpha value is -0.290. The van der Waals surface area contributed by atoms with E-state index in [0.29, 0.717) is 0 Å². The predicted octanol–water partition coefficient (Wildman–Crippen LogP) is 0.438. The highest BCUT2D eigenvalue weighted by Gasteiger charge is 1.37. The summed E-state index contributed by atoms with van der Waals surface area (Å²) >= 11 is 3.18. The molecule has 0 rings (SSSR count). The summed E-state index contributed by atoms with van der Waals surface area (Å²) in [6.07, 6.45) is 6.27. The lowest BCUT2D eigenvalue weighted by atomic mass is 11.3. The van der Waals surface area contributed by atoms with Crippen LogP contribution in [0.5, 0.6) is 0 Å². The van der Waals surface area contributed by atoms with Crippen LogP contribution in [0.2, 0.25) is 0 Å². The fourth-order valence-corrected chi connectivity index (χ4v) is 0. The van der Waals surface area contributed by atoms with Crippen LogP contribution in [-0.4, -0.2) is 0 Å². The second-order valence-corrected chi connectivity index (χ2v) is 0.392. The van der Waals surface area contributed by atoms with Gasteiger partial charge in [-0.2, -0.15) is 0 Å². The summed E-state index contributed by atoms with van der Waals surface area (Å²) < 4.78 is 3.76. The quantitative estimate of drug-likeness (QED) is 0.249. The molecule has 0 aromatic rings. The van der Waals surface area contributed by atoms with Gasteiger partial charge in [0, 0.05) is 0 Å². The molecule has 0 fully saturated rings. The number of rotatable bonds is 0. The lowest BCUT2D eigenvalue weighted by molar-refractivity contribution is 0.625. The van der Waals surface area contributed by atoms with Crippen LogP contribution in [0.15, 0.2) is 0 Å². The molecule has 0 saturated carbocycles. The molecule has 0 bridgehead atoms. The normalized spacial score (nSPS) is 4.00. The second-order valence-electron chi connectivity index (χ2n) is 0.209. The number of thiol groups is 1. The minimum absolute atomic E-state index is 1.79. The summed E-state index contributed by atoms with van der Waals surface area (Å²) in [5, 5.41) is 0. The smallest absolute Gasteiger partial charge is 0.123 e. The van der Waals surface area contributed by atoms with Crippen LogP contribution < -0.4 is 0 Å². The molecular formula is C2H2OS. The molecule has 0 aromatic heterocycles. The highest BCUT2D eigenvalue weighted by atomic mass is 32.1. The van der Waals surface area contributed by atoms with Crippen molar-refractivity contribution in [2.75, 3.05) is 0 Å². The zero-order valence-corrected chi connectivity index (χ0v) is 2.83. The van der Waals surface area contributed by atoms with Crippen molar-refractivity contribution in [3.8, 4) is 12.5 Å². The lowest BCUT2D eigenvalue weighted by Crippen LogP contribution is -1.41. The van der Waals surface area contributed by atoms with E-state index in [-0.39, 0.29) is 0 Å². The molecule has 0 amide bonds. The van der Waals surface area contributed by atoms with Gasteiger partial charge in [0.15, 0.2) is 0 Å². The Balaban J connectivity index is 2.43. The zero-order valence-electron chi connectivity index (χ0n) is 1.93. The molecule has 0 aliphatic rings. The Bertz CT molecular complexity index is 35.8. The topological polar surface area (TPSA) is 9.23 Å². The van der Waals surface area contributed by atoms with E-state index >= 15 is 0 Å². The van der Waals surface area contributed by atoms with Crippen molar-refractivity contribution in [1.29, 1.82) is 0 Å². The summed E-state index contributed by atoms with van der Waals surface area (Å²) in [5.41, 5.74) is 0. The molecule has 0 atom stereocenters. The first kappa shape index (κ1) is 3.71.